The highest BCUT2D eigenvalue weighted by atomic mass is 79.9. The lowest BCUT2D eigenvalue weighted by molar-refractivity contribution is 0.174. The van der Waals surface area contributed by atoms with Crippen molar-refractivity contribution in [1.29, 1.82) is 0 Å². The molecule has 16 heavy (non-hydrogen) atoms. The summed E-state index contributed by atoms with van der Waals surface area (Å²) in [5, 5.41) is 0. The summed E-state index contributed by atoms with van der Waals surface area (Å²) >= 11 is 3.50. The number of hydrogen-bond acceptors (Lipinski definition) is 4. The van der Waals surface area contributed by atoms with Gasteiger partial charge in [0.25, 0.3) is 0 Å². The lowest BCUT2D eigenvalue weighted by atomic mass is 10.0. The van der Waals surface area contributed by atoms with Crippen LogP contribution < -0.4 is 20.9 Å². The van der Waals surface area contributed by atoms with Crippen LogP contribution in [0.25, 0.3) is 0 Å². The second-order valence-electron chi connectivity index (χ2n) is 3.76. The van der Waals surface area contributed by atoms with E-state index in [1.165, 1.54) is 0 Å². The Kier molecular flexibility index (Phi) is 3.68. The molecule has 88 valence electrons. The Bertz CT molecular complexity index is 384. The zero-order valence-electron chi connectivity index (χ0n) is 8.91. The quantitative estimate of drug-likeness (QED) is 0.887. The first-order chi connectivity index (χ1) is 7.72. The van der Waals surface area contributed by atoms with Crippen molar-refractivity contribution < 1.29 is 9.47 Å². The third kappa shape index (κ3) is 2.31. The Hall–Kier alpha value is -0.780. The number of fused-ring (bicyclic) bond motifs is 1. The van der Waals surface area contributed by atoms with Crippen molar-refractivity contribution in [2.24, 2.45) is 11.5 Å². The van der Waals surface area contributed by atoms with Gasteiger partial charge in [0.15, 0.2) is 11.5 Å². The Morgan fingerprint density at radius 1 is 1.31 bits per heavy atom. The van der Waals surface area contributed by atoms with Gasteiger partial charge in [-0.2, -0.15) is 0 Å². The molecule has 0 spiro atoms. The number of ether oxygens (including phenoxy) is 2. The van der Waals surface area contributed by atoms with Gasteiger partial charge in [0.05, 0.1) is 0 Å². The molecule has 0 bridgehead atoms. The van der Waals surface area contributed by atoms with Gasteiger partial charge in [0, 0.05) is 10.5 Å². The summed E-state index contributed by atoms with van der Waals surface area (Å²) in [5.74, 6) is 1.53. The van der Waals surface area contributed by atoms with E-state index >= 15 is 0 Å². The van der Waals surface area contributed by atoms with E-state index in [9.17, 15) is 0 Å². The summed E-state index contributed by atoms with van der Waals surface area (Å²) in [5.41, 5.74) is 12.6. The van der Waals surface area contributed by atoms with E-state index in [-0.39, 0.29) is 12.8 Å². The van der Waals surface area contributed by atoms with Crippen molar-refractivity contribution in [2.45, 2.75) is 18.9 Å². The van der Waals surface area contributed by atoms with E-state index in [0.29, 0.717) is 6.54 Å². The fraction of sp³-hybridized carbons (Fsp3) is 0.455. The third-order valence-electron chi connectivity index (χ3n) is 2.61. The first-order valence-electron chi connectivity index (χ1n) is 5.27. The van der Waals surface area contributed by atoms with Gasteiger partial charge in [-0.1, -0.05) is 15.9 Å². The third-order valence-corrected chi connectivity index (χ3v) is 3.30. The average molecular weight is 287 g/mol. The zero-order valence-corrected chi connectivity index (χ0v) is 10.5. The van der Waals surface area contributed by atoms with Crippen LogP contribution in [0.2, 0.25) is 0 Å². The maximum Gasteiger partial charge on any atom is 0.231 e. The molecule has 1 heterocycles. The van der Waals surface area contributed by atoms with E-state index in [1.54, 1.807) is 0 Å². The lowest BCUT2D eigenvalue weighted by Crippen LogP contribution is -2.13. The number of hydrogen-bond donors (Lipinski definition) is 2. The largest absolute Gasteiger partial charge is 0.454 e. The first-order valence-corrected chi connectivity index (χ1v) is 6.06. The van der Waals surface area contributed by atoms with Crippen LogP contribution in [0.3, 0.4) is 0 Å². The maximum absolute atomic E-state index is 6.09. The molecule has 4 nitrogen and oxygen atoms in total. The maximum atomic E-state index is 6.09. The smallest absolute Gasteiger partial charge is 0.231 e. The number of nitrogens with two attached hydrogens (primary N) is 2. The van der Waals surface area contributed by atoms with E-state index in [1.807, 2.05) is 12.1 Å². The summed E-state index contributed by atoms with van der Waals surface area (Å²) in [7, 11) is 0. The zero-order chi connectivity index (χ0) is 11.5. The van der Waals surface area contributed by atoms with Crippen LogP contribution in [0.4, 0.5) is 0 Å². The molecule has 1 aromatic rings. The minimum Gasteiger partial charge on any atom is -0.454 e. The minimum atomic E-state index is -0.0209. The van der Waals surface area contributed by atoms with Gasteiger partial charge in [-0.15, -0.1) is 0 Å². The predicted octanol–water partition coefficient (Wildman–Crippen LogP) is 1.92. The Labute approximate surface area is 103 Å². The molecular weight excluding hydrogens is 272 g/mol. The van der Waals surface area contributed by atoms with Gasteiger partial charge in [-0.25, -0.2) is 0 Å². The summed E-state index contributed by atoms with van der Waals surface area (Å²) in [6, 6.07) is 3.82. The fourth-order valence-corrected chi connectivity index (χ4v) is 2.33. The van der Waals surface area contributed by atoms with Crippen LogP contribution in [0.5, 0.6) is 11.5 Å². The Morgan fingerprint density at radius 2 is 2.00 bits per heavy atom. The van der Waals surface area contributed by atoms with Crippen LogP contribution in [0.15, 0.2) is 16.6 Å². The molecule has 0 aromatic heterocycles. The normalized spacial score (nSPS) is 15.2. The highest BCUT2D eigenvalue weighted by molar-refractivity contribution is 9.10. The number of rotatable bonds is 4. The standard InChI is InChI=1S/C11H15BrN2O2/c12-8-5-11-10(15-6-16-11)4-7(8)9(14)2-1-3-13/h4-5,9H,1-3,6,13-14H2/t9-/m0/s1. The monoisotopic (exact) mass is 286 g/mol. The number of halogens is 1. The molecule has 0 radical (unpaired) electrons. The molecule has 1 aliphatic rings. The van der Waals surface area contributed by atoms with Crippen LogP contribution >= 0.6 is 15.9 Å². The van der Waals surface area contributed by atoms with Crippen LogP contribution in [0.1, 0.15) is 24.4 Å². The molecule has 5 heteroatoms. The lowest BCUT2D eigenvalue weighted by Gasteiger charge is -2.14. The molecule has 0 unspecified atom stereocenters. The molecule has 2 rings (SSSR count). The van der Waals surface area contributed by atoms with Crippen LogP contribution in [0, 0.1) is 0 Å². The first kappa shape index (κ1) is 11.7. The second kappa shape index (κ2) is 5.03. The summed E-state index contributed by atoms with van der Waals surface area (Å²) in [4.78, 5) is 0. The van der Waals surface area contributed by atoms with Crippen molar-refractivity contribution in [2.75, 3.05) is 13.3 Å². The molecule has 0 aliphatic carbocycles. The molecule has 0 saturated carbocycles. The minimum absolute atomic E-state index is 0.0209. The highest BCUT2D eigenvalue weighted by Gasteiger charge is 2.19. The molecule has 0 fully saturated rings. The summed E-state index contributed by atoms with van der Waals surface area (Å²) in [6.45, 7) is 0.944. The van der Waals surface area contributed by atoms with Crippen LogP contribution in [-0.2, 0) is 0 Å². The van der Waals surface area contributed by atoms with E-state index in [4.69, 9.17) is 20.9 Å². The van der Waals surface area contributed by atoms with Gasteiger partial charge < -0.3 is 20.9 Å². The SMILES string of the molecule is NCCC[C@H](N)c1cc2c(cc1Br)OCO2. The Morgan fingerprint density at radius 3 is 2.69 bits per heavy atom. The van der Waals surface area contributed by atoms with Gasteiger partial charge >= 0.3 is 0 Å². The summed E-state index contributed by atoms with van der Waals surface area (Å²) < 4.78 is 11.6. The average Bonchev–Trinajstić information content (AvgIpc) is 2.71. The van der Waals surface area contributed by atoms with Gasteiger partial charge in [-0.3, -0.25) is 0 Å². The molecule has 1 aliphatic heterocycles. The van der Waals surface area contributed by atoms with Gasteiger partial charge in [0.2, 0.25) is 6.79 Å². The molecular formula is C11H15BrN2O2. The van der Waals surface area contributed by atoms with Crippen molar-refractivity contribution in [1.82, 2.24) is 0 Å². The second-order valence-corrected chi connectivity index (χ2v) is 4.62. The van der Waals surface area contributed by atoms with Crippen LogP contribution in [-0.4, -0.2) is 13.3 Å². The van der Waals surface area contributed by atoms with E-state index in [0.717, 1.165) is 34.4 Å². The van der Waals surface area contributed by atoms with Gasteiger partial charge in [0.1, 0.15) is 0 Å². The van der Waals surface area contributed by atoms with Crippen molar-refractivity contribution in [3.05, 3.63) is 22.2 Å². The predicted molar refractivity (Wildman–Crippen MR) is 65.5 cm³/mol. The van der Waals surface area contributed by atoms with Crippen molar-refractivity contribution in [3.8, 4) is 11.5 Å². The number of benzene rings is 1. The summed E-state index contributed by atoms with van der Waals surface area (Å²) in [6.07, 6.45) is 1.79. The molecule has 0 saturated heterocycles. The topological polar surface area (TPSA) is 70.5 Å². The Balaban J connectivity index is 2.20. The van der Waals surface area contributed by atoms with Gasteiger partial charge in [-0.05, 0) is 37.1 Å². The highest BCUT2D eigenvalue weighted by Crippen LogP contribution is 2.39. The van der Waals surface area contributed by atoms with E-state index in [2.05, 4.69) is 15.9 Å². The van der Waals surface area contributed by atoms with E-state index < -0.39 is 0 Å². The molecule has 0 amide bonds. The molecule has 1 aromatic carbocycles. The van der Waals surface area contributed by atoms with Crippen molar-refractivity contribution in [3.63, 3.8) is 0 Å². The van der Waals surface area contributed by atoms with Crippen molar-refractivity contribution >= 4 is 15.9 Å². The molecule has 4 N–H and O–H groups in total. The molecule has 1 atom stereocenters. The fourth-order valence-electron chi connectivity index (χ4n) is 1.71.